The molecule has 0 amide bonds. The van der Waals surface area contributed by atoms with Crippen molar-refractivity contribution in [1.82, 2.24) is 0 Å². The van der Waals surface area contributed by atoms with Crippen LogP contribution in [0.5, 0.6) is 0 Å². The van der Waals surface area contributed by atoms with E-state index in [1.165, 1.54) is 6.92 Å². The van der Waals surface area contributed by atoms with Crippen molar-refractivity contribution in [3.8, 4) is 0 Å². The van der Waals surface area contributed by atoms with E-state index in [4.69, 9.17) is 14.2 Å². The minimum Gasteiger partial charge on any atom is -0.457 e. The molecule has 3 N–H and O–H groups in total. The summed E-state index contributed by atoms with van der Waals surface area (Å²) < 4.78 is 16.9. The number of hydrogen-bond donors (Lipinski definition) is 3. The van der Waals surface area contributed by atoms with Crippen LogP contribution in [0.4, 0.5) is 0 Å². The maximum Gasteiger partial charge on any atom is 0.309 e. The van der Waals surface area contributed by atoms with Crippen molar-refractivity contribution in [3.63, 3.8) is 0 Å². The zero-order valence-electron chi connectivity index (χ0n) is 23.3. The SMILES string of the molecule is CC(=O)OC1/C=C/C(C)C(/C(C)=C/C=C/C(C)CC2OC2C(C)C(C)O)OC(=O)CC(O)CCC1(C)O. The molecule has 0 aromatic carbocycles. The largest absolute Gasteiger partial charge is 0.457 e. The standard InChI is InChI=1S/C29H46O8/c1-17(15-24-28(36-24)20(4)21(5)30)9-8-10-18(2)27-19(3)11-12-25(35-22(6)31)29(7,34)14-13-23(32)16-26(33)37-27/h8-12,17,19-21,23-25,27-28,30,32,34H,13-16H2,1-7H3/b9-8+,12-11+,18-10+. The van der Waals surface area contributed by atoms with E-state index in [1.807, 2.05) is 32.9 Å². The molecule has 1 saturated heterocycles. The van der Waals surface area contributed by atoms with Crippen LogP contribution in [0.2, 0.25) is 0 Å². The number of hydrogen-bond acceptors (Lipinski definition) is 8. The molecule has 10 unspecified atom stereocenters. The van der Waals surface area contributed by atoms with E-state index in [2.05, 4.69) is 13.0 Å². The zero-order chi connectivity index (χ0) is 27.9. The molecule has 0 radical (unpaired) electrons. The van der Waals surface area contributed by atoms with Crippen LogP contribution >= 0.6 is 0 Å². The topological polar surface area (TPSA) is 126 Å². The van der Waals surface area contributed by atoms with Gasteiger partial charge < -0.3 is 29.5 Å². The number of aliphatic hydroxyl groups excluding tert-OH is 2. The number of carbonyl (C=O) groups excluding carboxylic acids is 2. The number of ether oxygens (including phenoxy) is 3. The van der Waals surface area contributed by atoms with Crippen LogP contribution in [0.1, 0.15) is 74.1 Å². The first-order chi connectivity index (χ1) is 17.2. The summed E-state index contributed by atoms with van der Waals surface area (Å²) in [6.45, 7) is 12.5. The molecule has 0 spiro atoms. The predicted molar refractivity (Wildman–Crippen MR) is 140 cm³/mol. The number of cyclic esters (lactones) is 1. The van der Waals surface area contributed by atoms with E-state index in [-0.39, 0.29) is 49.2 Å². The summed E-state index contributed by atoms with van der Waals surface area (Å²) in [5.41, 5.74) is -0.581. The molecule has 210 valence electrons. The second kappa shape index (κ2) is 13.7. The summed E-state index contributed by atoms with van der Waals surface area (Å²) in [6, 6.07) is 0. The fraction of sp³-hybridized carbons (Fsp3) is 0.724. The van der Waals surface area contributed by atoms with Crippen molar-refractivity contribution >= 4 is 11.9 Å². The molecule has 1 fully saturated rings. The van der Waals surface area contributed by atoms with E-state index in [0.717, 1.165) is 12.0 Å². The van der Waals surface area contributed by atoms with Crippen molar-refractivity contribution in [3.05, 3.63) is 36.0 Å². The van der Waals surface area contributed by atoms with Crippen LogP contribution in [0.15, 0.2) is 36.0 Å². The third-order valence-corrected chi connectivity index (χ3v) is 7.37. The lowest BCUT2D eigenvalue weighted by Gasteiger charge is -2.32. The molecule has 0 aromatic heterocycles. The quantitative estimate of drug-likeness (QED) is 0.191. The molecule has 0 aliphatic carbocycles. The summed E-state index contributed by atoms with van der Waals surface area (Å²) in [5.74, 6) is -0.936. The highest BCUT2D eigenvalue weighted by molar-refractivity contribution is 5.70. The van der Waals surface area contributed by atoms with E-state index in [9.17, 15) is 24.9 Å². The molecule has 0 saturated carbocycles. The van der Waals surface area contributed by atoms with E-state index >= 15 is 0 Å². The third-order valence-electron chi connectivity index (χ3n) is 7.37. The summed E-state index contributed by atoms with van der Waals surface area (Å²) in [7, 11) is 0. The van der Waals surface area contributed by atoms with Gasteiger partial charge in [0.2, 0.25) is 0 Å². The Morgan fingerprint density at radius 3 is 2.57 bits per heavy atom. The molecule has 2 heterocycles. The lowest BCUT2D eigenvalue weighted by molar-refractivity contribution is -0.157. The summed E-state index contributed by atoms with van der Waals surface area (Å²) >= 11 is 0. The lowest BCUT2D eigenvalue weighted by Crippen LogP contribution is -2.42. The summed E-state index contributed by atoms with van der Waals surface area (Å²) in [6.07, 6.45) is 7.70. The zero-order valence-corrected chi connectivity index (χ0v) is 23.3. The van der Waals surface area contributed by atoms with Gasteiger partial charge in [0.1, 0.15) is 17.8 Å². The van der Waals surface area contributed by atoms with Gasteiger partial charge in [-0.05, 0) is 57.6 Å². The second-order valence-electron chi connectivity index (χ2n) is 11.2. The Morgan fingerprint density at radius 1 is 1.27 bits per heavy atom. The summed E-state index contributed by atoms with van der Waals surface area (Å²) in [4.78, 5) is 24.2. The Labute approximate surface area is 221 Å². The smallest absolute Gasteiger partial charge is 0.309 e. The van der Waals surface area contributed by atoms with Gasteiger partial charge in [-0.2, -0.15) is 0 Å². The number of aliphatic hydroxyl groups is 3. The Morgan fingerprint density at radius 2 is 1.95 bits per heavy atom. The van der Waals surface area contributed by atoms with Gasteiger partial charge in [0.05, 0.1) is 30.8 Å². The molecule has 2 rings (SSSR count). The van der Waals surface area contributed by atoms with Gasteiger partial charge in [0.15, 0.2) is 0 Å². The normalized spacial score (nSPS) is 37.0. The molecule has 10 atom stereocenters. The van der Waals surface area contributed by atoms with E-state index in [0.29, 0.717) is 0 Å². The van der Waals surface area contributed by atoms with Crippen molar-refractivity contribution in [2.75, 3.05) is 0 Å². The van der Waals surface area contributed by atoms with Gasteiger partial charge in [-0.3, -0.25) is 9.59 Å². The first-order valence-corrected chi connectivity index (χ1v) is 13.3. The molecule has 0 bridgehead atoms. The molecular formula is C29H46O8. The Hall–Kier alpha value is -2.00. The van der Waals surface area contributed by atoms with Gasteiger partial charge in [-0.25, -0.2) is 0 Å². The average Bonchev–Trinajstić information content (AvgIpc) is 3.55. The molecule has 37 heavy (non-hydrogen) atoms. The van der Waals surface area contributed by atoms with Crippen LogP contribution in [-0.4, -0.2) is 69.5 Å². The van der Waals surface area contributed by atoms with Crippen molar-refractivity contribution in [1.29, 1.82) is 0 Å². The van der Waals surface area contributed by atoms with Gasteiger partial charge in [-0.1, -0.05) is 45.1 Å². The van der Waals surface area contributed by atoms with Gasteiger partial charge in [-0.15, -0.1) is 0 Å². The highest BCUT2D eigenvalue weighted by Gasteiger charge is 2.44. The van der Waals surface area contributed by atoms with Crippen LogP contribution in [-0.2, 0) is 23.8 Å². The minimum absolute atomic E-state index is 0.100. The monoisotopic (exact) mass is 522 g/mol. The fourth-order valence-corrected chi connectivity index (χ4v) is 4.65. The van der Waals surface area contributed by atoms with Crippen molar-refractivity contribution in [2.24, 2.45) is 17.8 Å². The summed E-state index contributed by atoms with van der Waals surface area (Å²) in [5, 5.41) is 31.0. The number of carbonyl (C=O) groups is 2. The van der Waals surface area contributed by atoms with Crippen molar-refractivity contribution in [2.45, 2.75) is 116 Å². The van der Waals surface area contributed by atoms with E-state index < -0.39 is 42.0 Å². The molecule has 0 aromatic rings. The fourth-order valence-electron chi connectivity index (χ4n) is 4.65. The third kappa shape index (κ3) is 10.0. The van der Waals surface area contributed by atoms with Gasteiger partial charge >= 0.3 is 11.9 Å². The number of rotatable bonds is 8. The van der Waals surface area contributed by atoms with Crippen LogP contribution in [0.25, 0.3) is 0 Å². The number of esters is 2. The predicted octanol–water partition coefficient (Wildman–Crippen LogP) is 3.63. The minimum atomic E-state index is -1.40. The molecular weight excluding hydrogens is 476 g/mol. The Balaban J connectivity index is 2.14. The van der Waals surface area contributed by atoms with E-state index in [1.54, 1.807) is 26.0 Å². The second-order valence-corrected chi connectivity index (χ2v) is 11.2. The highest BCUT2D eigenvalue weighted by atomic mass is 16.6. The molecule has 2 aliphatic rings. The Bertz CT molecular complexity index is 858. The van der Waals surface area contributed by atoms with Crippen molar-refractivity contribution < 1.29 is 39.1 Å². The van der Waals surface area contributed by atoms with Crippen LogP contribution < -0.4 is 0 Å². The van der Waals surface area contributed by atoms with Crippen LogP contribution in [0.3, 0.4) is 0 Å². The average molecular weight is 523 g/mol. The Kier molecular flexibility index (Phi) is 11.6. The number of allylic oxidation sites excluding steroid dienone is 3. The number of epoxide rings is 1. The molecule has 8 heteroatoms. The van der Waals surface area contributed by atoms with Gasteiger partial charge in [0, 0.05) is 18.8 Å². The first kappa shape index (κ1) is 31.2. The highest BCUT2D eigenvalue weighted by Crippen LogP contribution is 2.36. The molecule has 8 nitrogen and oxygen atoms in total. The maximum atomic E-state index is 12.6. The lowest BCUT2D eigenvalue weighted by atomic mass is 9.88. The van der Waals surface area contributed by atoms with Gasteiger partial charge in [0.25, 0.3) is 0 Å². The molecule has 2 aliphatic heterocycles. The first-order valence-electron chi connectivity index (χ1n) is 13.3. The van der Waals surface area contributed by atoms with Crippen LogP contribution in [0, 0.1) is 17.8 Å². The maximum absolute atomic E-state index is 12.6.